The molecule has 0 fully saturated rings. The zero-order chi connectivity index (χ0) is 13.8. The summed E-state index contributed by atoms with van der Waals surface area (Å²) in [5, 5.41) is 12.0. The highest BCUT2D eigenvalue weighted by Crippen LogP contribution is 2.17. The van der Waals surface area contributed by atoms with E-state index in [1.807, 2.05) is 0 Å². The fraction of sp³-hybridized carbons (Fsp3) is 0. The van der Waals surface area contributed by atoms with Gasteiger partial charge in [0.2, 0.25) is 0 Å². The summed E-state index contributed by atoms with van der Waals surface area (Å²) in [7, 11) is 0. The number of hydrogen-bond acceptors (Lipinski definition) is 2. The number of carboxylic acids is 1. The van der Waals surface area contributed by atoms with Gasteiger partial charge in [0.25, 0.3) is 5.91 Å². The predicted octanol–water partition coefficient (Wildman–Crippen LogP) is 3.29. The second kappa shape index (κ2) is 5.54. The minimum atomic E-state index is -1.10. The molecule has 2 aromatic carbocycles. The van der Waals surface area contributed by atoms with Crippen molar-refractivity contribution in [2.24, 2.45) is 0 Å². The molecule has 0 spiro atoms. The molecule has 19 heavy (non-hydrogen) atoms. The van der Waals surface area contributed by atoms with Gasteiger partial charge in [-0.25, -0.2) is 4.79 Å². The smallest absolute Gasteiger partial charge is 0.337 e. The van der Waals surface area contributed by atoms with Crippen LogP contribution in [0.2, 0.25) is 5.02 Å². The van der Waals surface area contributed by atoms with E-state index in [1.165, 1.54) is 18.2 Å². The van der Waals surface area contributed by atoms with Gasteiger partial charge in [-0.15, -0.1) is 0 Å². The third-order valence-corrected chi connectivity index (χ3v) is 2.73. The number of rotatable bonds is 3. The fourth-order valence-electron chi connectivity index (χ4n) is 1.60. The number of benzene rings is 2. The number of hydrogen-bond donors (Lipinski definition) is 2. The summed E-state index contributed by atoms with van der Waals surface area (Å²) in [6, 6.07) is 12.6. The summed E-state index contributed by atoms with van der Waals surface area (Å²) in [5.41, 5.74) is 0.658. The van der Waals surface area contributed by atoms with Crippen molar-refractivity contribution in [2.45, 2.75) is 0 Å². The molecule has 2 N–H and O–H groups in total. The highest BCUT2D eigenvalue weighted by molar-refractivity contribution is 6.31. The maximum absolute atomic E-state index is 12.0. The van der Waals surface area contributed by atoms with Crippen molar-refractivity contribution in [1.29, 1.82) is 0 Å². The third kappa shape index (κ3) is 3.11. The molecule has 0 aliphatic carbocycles. The first-order valence-corrected chi connectivity index (χ1v) is 5.85. The van der Waals surface area contributed by atoms with Gasteiger partial charge in [0, 0.05) is 10.6 Å². The molecule has 96 valence electrons. The first-order valence-electron chi connectivity index (χ1n) is 5.47. The highest BCUT2D eigenvalue weighted by Gasteiger charge is 2.12. The number of aromatic carboxylic acids is 1. The van der Waals surface area contributed by atoms with E-state index in [-0.39, 0.29) is 11.3 Å². The van der Waals surface area contributed by atoms with Crippen LogP contribution in [0.4, 0.5) is 5.69 Å². The van der Waals surface area contributed by atoms with Crippen LogP contribution in [-0.4, -0.2) is 17.0 Å². The lowest BCUT2D eigenvalue weighted by Gasteiger charge is -2.08. The Kier molecular flexibility index (Phi) is 3.82. The minimum Gasteiger partial charge on any atom is -0.478 e. The molecule has 2 rings (SSSR count). The molecule has 0 atom stereocenters. The van der Waals surface area contributed by atoms with Crippen LogP contribution in [0.3, 0.4) is 0 Å². The van der Waals surface area contributed by atoms with Gasteiger partial charge in [-0.2, -0.15) is 0 Å². The maximum Gasteiger partial charge on any atom is 0.337 e. The molecular formula is C14H10ClNO3. The summed E-state index contributed by atoms with van der Waals surface area (Å²) >= 11 is 5.80. The van der Waals surface area contributed by atoms with Gasteiger partial charge in [-0.1, -0.05) is 29.8 Å². The first kappa shape index (κ1) is 13.1. The normalized spacial score (nSPS) is 9.95. The van der Waals surface area contributed by atoms with E-state index in [0.29, 0.717) is 10.6 Å². The Morgan fingerprint density at radius 3 is 2.47 bits per heavy atom. The Balaban J connectivity index is 2.27. The van der Waals surface area contributed by atoms with Crippen LogP contribution in [-0.2, 0) is 0 Å². The quantitative estimate of drug-likeness (QED) is 0.903. The number of halogens is 1. The number of carbonyl (C=O) groups is 2. The van der Waals surface area contributed by atoms with Gasteiger partial charge in [-0.05, 0) is 30.3 Å². The Morgan fingerprint density at radius 1 is 1.05 bits per heavy atom. The monoisotopic (exact) mass is 275 g/mol. The van der Waals surface area contributed by atoms with Crippen molar-refractivity contribution in [3.63, 3.8) is 0 Å². The van der Waals surface area contributed by atoms with Crippen LogP contribution in [0.25, 0.3) is 0 Å². The molecule has 2 aromatic rings. The van der Waals surface area contributed by atoms with E-state index in [2.05, 4.69) is 5.32 Å². The molecular weight excluding hydrogens is 266 g/mol. The average Bonchev–Trinajstić information content (AvgIpc) is 2.39. The van der Waals surface area contributed by atoms with E-state index in [4.69, 9.17) is 16.7 Å². The second-order valence-electron chi connectivity index (χ2n) is 3.82. The van der Waals surface area contributed by atoms with Gasteiger partial charge < -0.3 is 10.4 Å². The summed E-state index contributed by atoms with van der Waals surface area (Å²) in [6.07, 6.45) is 0. The Bertz CT molecular complexity index is 640. The molecule has 0 unspecified atom stereocenters. The van der Waals surface area contributed by atoms with Crippen molar-refractivity contribution in [3.8, 4) is 0 Å². The largest absolute Gasteiger partial charge is 0.478 e. The summed E-state index contributed by atoms with van der Waals surface area (Å²) < 4.78 is 0. The molecule has 4 nitrogen and oxygen atoms in total. The lowest BCUT2D eigenvalue weighted by Crippen LogP contribution is -2.14. The molecule has 5 heteroatoms. The summed E-state index contributed by atoms with van der Waals surface area (Å²) in [4.78, 5) is 23.0. The van der Waals surface area contributed by atoms with Crippen LogP contribution in [0.5, 0.6) is 0 Å². The van der Waals surface area contributed by atoms with Crippen LogP contribution in [0.1, 0.15) is 20.7 Å². The highest BCUT2D eigenvalue weighted by atomic mass is 35.5. The number of carboxylic acid groups (broad SMARTS) is 1. The van der Waals surface area contributed by atoms with Gasteiger partial charge in [-0.3, -0.25) is 4.79 Å². The van der Waals surface area contributed by atoms with Crippen molar-refractivity contribution in [3.05, 3.63) is 64.7 Å². The van der Waals surface area contributed by atoms with Crippen LogP contribution in [0, 0.1) is 0 Å². The third-order valence-electron chi connectivity index (χ3n) is 2.49. The van der Waals surface area contributed by atoms with Crippen LogP contribution in [0.15, 0.2) is 48.5 Å². The molecule has 0 aliphatic rings. The van der Waals surface area contributed by atoms with Crippen LogP contribution >= 0.6 is 11.6 Å². The fourth-order valence-corrected chi connectivity index (χ4v) is 1.79. The van der Waals surface area contributed by atoms with E-state index in [0.717, 1.165) is 0 Å². The average molecular weight is 276 g/mol. The van der Waals surface area contributed by atoms with Crippen molar-refractivity contribution >= 4 is 29.2 Å². The lowest BCUT2D eigenvalue weighted by atomic mass is 10.1. The zero-order valence-corrected chi connectivity index (χ0v) is 10.5. The molecule has 0 saturated heterocycles. The standard InChI is InChI=1S/C14H10ClNO3/c15-10-5-3-4-9(8-10)13(17)16-12-7-2-1-6-11(12)14(18)19/h1-8H,(H,16,17)(H,18,19). The van der Waals surface area contributed by atoms with Crippen molar-refractivity contribution in [1.82, 2.24) is 0 Å². The van der Waals surface area contributed by atoms with Gasteiger partial charge in [0.15, 0.2) is 0 Å². The van der Waals surface area contributed by atoms with Gasteiger partial charge in [0.05, 0.1) is 11.3 Å². The molecule has 0 radical (unpaired) electrons. The maximum atomic E-state index is 12.0. The van der Waals surface area contributed by atoms with Crippen molar-refractivity contribution < 1.29 is 14.7 Å². The number of carbonyl (C=O) groups excluding carboxylic acids is 1. The molecule has 0 bridgehead atoms. The van der Waals surface area contributed by atoms with E-state index < -0.39 is 11.9 Å². The number of anilines is 1. The zero-order valence-electron chi connectivity index (χ0n) is 9.76. The van der Waals surface area contributed by atoms with E-state index in [9.17, 15) is 9.59 Å². The Hall–Kier alpha value is -2.33. The first-order chi connectivity index (χ1) is 9.08. The number of amides is 1. The topological polar surface area (TPSA) is 66.4 Å². The van der Waals surface area contributed by atoms with Gasteiger partial charge in [0.1, 0.15) is 0 Å². The number of nitrogens with one attached hydrogen (secondary N) is 1. The van der Waals surface area contributed by atoms with Crippen molar-refractivity contribution in [2.75, 3.05) is 5.32 Å². The SMILES string of the molecule is O=C(Nc1ccccc1C(=O)O)c1cccc(Cl)c1. The summed E-state index contributed by atoms with van der Waals surface area (Å²) in [6.45, 7) is 0. The Labute approximate surface area is 114 Å². The molecule has 0 aliphatic heterocycles. The summed E-state index contributed by atoms with van der Waals surface area (Å²) in [5.74, 6) is -1.50. The second-order valence-corrected chi connectivity index (χ2v) is 4.25. The van der Waals surface area contributed by atoms with E-state index >= 15 is 0 Å². The number of para-hydroxylation sites is 1. The molecule has 1 amide bonds. The van der Waals surface area contributed by atoms with E-state index in [1.54, 1.807) is 30.3 Å². The lowest BCUT2D eigenvalue weighted by molar-refractivity contribution is 0.0698. The molecule has 0 heterocycles. The molecule has 0 aromatic heterocycles. The van der Waals surface area contributed by atoms with Crippen LogP contribution < -0.4 is 5.32 Å². The minimum absolute atomic E-state index is 0.0397. The molecule has 0 saturated carbocycles. The van der Waals surface area contributed by atoms with Gasteiger partial charge >= 0.3 is 5.97 Å². The predicted molar refractivity (Wildman–Crippen MR) is 72.8 cm³/mol. The Morgan fingerprint density at radius 2 is 1.79 bits per heavy atom.